The highest BCUT2D eigenvalue weighted by Crippen LogP contribution is 2.42. The quantitative estimate of drug-likeness (QED) is 0.809. The SMILES string of the molecule is CC(C)(C)OC(=O)N1CC2(CCN(c3ccccc3N)CC2)C1. The fraction of sp³-hybridized carbons (Fsp3) is 0.611. The van der Waals surface area contributed by atoms with Gasteiger partial charge in [0.1, 0.15) is 5.60 Å². The van der Waals surface area contributed by atoms with Crippen LogP contribution in [0.15, 0.2) is 24.3 Å². The Hall–Kier alpha value is -1.91. The van der Waals surface area contributed by atoms with Crippen LogP contribution >= 0.6 is 0 Å². The topological polar surface area (TPSA) is 58.8 Å². The molecule has 0 saturated carbocycles. The molecule has 2 aliphatic heterocycles. The van der Waals surface area contributed by atoms with Gasteiger partial charge in [-0.2, -0.15) is 0 Å². The van der Waals surface area contributed by atoms with Crippen LogP contribution in [0.5, 0.6) is 0 Å². The second-order valence-corrected chi connectivity index (χ2v) is 7.88. The molecule has 5 heteroatoms. The second-order valence-electron chi connectivity index (χ2n) is 7.88. The van der Waals surface area contributed by atoms with Crippen molar-refractivity contribution in [3.63, 3.8) is 0 Å². The third-order valence-electron chi connectivity index (χ3n) is 4.81. The van der Waals surface area contributed by atoms with Crippen LogP contribution in [0.25, 0.3) is 0 Å². The summed E-state index contributed by atoms with van der Waals surface area (Å²) >= 11 is 0. The fourth-order valence-electron chi connectivity index (χ4n) is 3.53. The van der Waals surface area contributed by atoms with Crippen molar-refractivity contribution in [2.24, 2.45) is 5.41 Å². The van der Waals surface area contributed by atoms with E-state index in [9.17, 15) is 4.79 Å². The van der Waals surface area contributed by atoms with E-state index in [-0.39, 0.29) is 11.5 Å². The summed E-state index contributed by atoms with van der Waals surface area (Å²) in [5.41, 5.74) is 7.90. The molecule has 1 aromatic rings. The molecule has 1 spiro atoms. The third-order valence-corrected chi connectivity index (χ3v) is 4.81. The van der Waals surface area contributed by atoms with Crippen LogP contribution < -0.4 is 10.6 Å². The lowest BCUT2D eigenvalue weighted by Crippen LogP contribution is -2.62. The number of nitrogens with zero attached hydrogens (tertiary/aromatic N) is 2. The zero-order valence-corrected chi connectivity index (χ0v) is 14.3. The average Bonchev–Trinajstić information content (AvgIpc) is 2.44. The van der Waals surface area contributed by atoms with Gasteiger partial charge in [0.05, 0.1) is 11.4 Å². The first-order chi connectivity index (χ1) is 10.8. The molecule has 0 unspecified atom stereocenters. The van der Waals surface area contributed by atoms with Gasteiger partial charge in [0.2, 0.25) is 0 Å². The minimum atomic E-state index is -0.423. The Balaban J connectivity index is 1.53. The highest BCUT2D eigenvalue weighted by Gasteiger charge is 2.47. The normalized spacial score (nSPS) is 20.3. The maximum absolute atomic E-state index is 12.1. The molecule has 2 N–H and O–H groups in total. The van der Waals surface area contributed by atoms with Gasteiger partial charge >= 0.3 is 6.09 Å². The zero-order chi connectivity index (χ0) is 16.7. The third kappa shape index (κ3) is 3.38. The lowest BCUT2D eigenvalue weighted by Gasteiger charge is -2.54. The van der Waals surface area contributed by atoms with E-state index >= 15 is 0 Å². The van der Waals surface area contributed by atoms with E-state index in [4.69, 9.17) is 10.5 Å². The number of rotatable bonds is 1. The van der Waals surface area contributed by atoms with Crippen molar-refractivity contribution in [2.75, 3.05) is 36.8 Å². The van der Waals surface area contributed by atoms with Crippen molar-refractivity contribution < 1.29 is 9.53 Å². The van der Waals surface area contributed by atoms with Crippen molar-refractivity contribution in [1.29, 1.82) is 0 Å². The van der Waals surface area contributed by atoms with Crippen molar-refractivity contribution in [1.82, 2.24) is 4.90 Å². The van der Waals surface area contributed by atoms with Gasteiger partial charge < -0.3 is 20.3 Å². The number of hydrogen-bond donors (Lipinski definition) is 1. The number of para-hydroxylation sites is 2. The zero-order valence-electron chi connectivity index (χ0n) is 14.3. The van der Waals surface area contributed by atoms with E-state index in [1.807, 2.05) is 43.9 Å². The lowest BCUT2D eigenvalue weighted by atomic mass is 9.72. The van der Waals surface area contributed by atoms with Gasteiger partial charge in [-0.1, -0.05) is 12.1 Å². The Bertz CT molecular complexity index is 578. The number of nitrogen functional groups attached to an aromatic ring is 1. The molecule has 0 atom stereocenters. The molecule has 0 aromatic heterocycles. The van der Waals surface area contributed by atoms with Crippen molar-refractivity contribution in [3.8, 4) is 0 Å². The number of hydrogen-bond acceptors (Lipinski definition) is 4. The first-order valence-electron chi connectivity index (χ1n) is 8.35. The summed E-state index contributed by atoms with van der Waals surface area (Å²) in [5.74, 6) is 0. The predicted molar refractivity (Wildman–Crippen MR) is 92.5 cm³/mol. The molecule has 1 aromatic carbocycles. The van der Waals surface area contributed by atoms with Gasteiger partial charge in [-0.05, 0) is 45.7 Å². The van der Waals surface area contributed by atoms with Crippen LogP contribution in [0.4, 0.5) is 16.2 Å². The van der Waals surface area contributed by atoms with Gasteiger partial charge in [-0.25, -0.2) is 4.79 Å². The molecule has 0 bridgehead atoms. The first-order valence-corrected chi connectivity index (χ1v) is 8.35. The van der Waals surface area contributed by atoms with E-state index in [2.05, 4.69) is 11.0 Å². The number of likely N-dealkylation sites (tertiary alicyclic amines) is 1. The molecule has 2 heterocycles. The summed E-state index contributed by atoms with van der Waals surface area (Å²) in [6.07, 6.45) is 2.01. The van der Waals surface area contributed by atoms with Crippen LogP contribution in [0.3, 0.4) is 0 Å². The minimum absolute atomic E-state index is 0.183. The van der Waals surface area contributed by atoms with E-state index in [1.54, 1.807) is 0 Å². The van der Waals surface area contributed by atoms with Crippen molar-refractivity contribution in [2.45, 2.75) is 39.2 Å². The standard InChI is InChI=1S/C18H27N3O2/c1-17(2,3)23-16(22)21-12-18(13-21)8-10-20(11-9-18)15-7-5-4-6-14(15)19/h4-7H,8-13,19H2,1-3H3. The van der Waals surface area contributed by atoms with Gasteiger partial charge in [-0.15, -0.1) is 0 Å². The van der Waals surface area contributed by atoms with Crippen LogP contribution in [0.2, 0.25) is 0 Å². The van der Waals surface area contributed by atoms with Crippen LogP contribution in [-0.4, -0.2) is 42.8 Å². The van der Waals surface area contributed by atoms with Crippen LogP contribution in [-0.2, 0) is 4.74 Å². The summed E-state index contributed by atoms with van der Waals surface area (Å²) in [4.78, 5) is 16.3. The predicted octanol–water partition coefficient (Wildman–Crippen LogP) is 3.11. The maximum atomic E-state index is 12.1. The van der Waals surface area contributed by atoms with Crippen molar-refractivity contribution in [3.05, 3.63) is 24.3 Å². The molecule has 23 heavy (non-hydrogen) atoms. The van der Waals surface area contributed by atoms with Gasteiger partial charge in [-0.3, -0.25) is 0 Å². The van der Waals surface area contributed by atoms with E-state index < -0.39 is 5.60 Å². The maximum Gasteiger partial charge on any atom is 0.410 e. The number of carbonyl (C=O) groups excluding carboxylic acids is 1. The summed E-state index contributed by atoms with van der Waals surface area (Å²) in [7, 11) is 0. The number of anilines is 2. The van der Waals surface area contributed by atoms with E-state index in [0.717, 1.165) is 50.4 Å². The smallest absolute Gasteiger partial charge is 0.410 e. The largest absolute Gasteiger partial charge is 0.444 e. The fourth-order valence-corrected chi connectivity index (χ4v) is 3.53. The molecule has 0 aliphatic carbocycles. The van der Waals surface area contributed by atoms with E-state index in [1.165, 1.54) is 0 Å². The number of benzene rings is 1. The number of nitrogens with two attached hydrogens (primary N) is 1. The molecular formula is C18H27N3O2. The van der Waals surface area contributed by atoms with Gasteiger partial charge in [0.15, 0.2) is 0 Å². The van der Waals surface area contributed by atoms with Gasteiger partial charge in [0.25, 0.3) is 0 Å². The molecule has 3 rings (SSSR count). The molecule has 2 aliphatic rings. The Morgan fingerprint density at radius 3 is 2.35 bits per heavy atom. The highest BCUT2D eigenvalue weighted by atomic mass is 16.6. The monoisotopic (exact) mass is 317 g/mol. The average molecular weight is 317 g/mol. The Labute approximate surface area is 138 Å². The summed E-state index contributed by atoms with van der Waals surface area (Å²) in [6, 6.07) is 8.03. The summed E-state index contributed by atoms with van der Waals surface area (Å²) in [5, 5.41) is 0. The number of carbonyl (C=O) groups is 1. The molecular weight excluding hydrogens is 290 g/mol. The Morgan fingerprint density at radius 2 is 1.78 bits per heavy atom. The molecule has 2 fully saturated rings. The molecule has 5 nitrogen and oxygen atoms in total. The Kier molecular flexibility index (Phi) is 3.90. The first kappa shape index (κ1) is 16.0. The molecule has 126 valence electrons. The summed E-state index contributed by atoms with van der Waals surface area (Å²) in [6.45, 7) is 9.35. The van der Waals surface area contributed by atoms with Gasteiger partial charge in [0, 0.05) is 31.6 Å². The van der Waals surface area contributed by atoms with E-state index in [0.29, 0.717) is 0 Å². The Morgan fingerprint density at radius 1 is 1.17 bits per heavy atom. The molecule has 0 radical (unpaired) electrons. The number of ether oxygens (including phenoxy) is 1. The minimum Gasteiger partial charge on any atom is -0.444 e. The number of amides is 1. The lowest BCUT2D eigenvalue weighted by molar-refractivity contribution is -0.0434. The molecule has 1 amide bonds. The highest BCUT2D eigenvalue weighted by molar-refractivity contribution is 5.70. The van der Waals surface area contributed by atoms with Crippen LogP contribution in [0.1, 0.15) is 33.6 Å². The van der Waals surface area contributed by atoms with Crippen molar-refractivity contribution >= 4 is 17.5 Å². The number of piperidine rings is 1. The molecule has 2 saturated heterocycles. The second kappa shape index (κ2) is 5.62. The summed E-state index contributed by atoms with van der Waals surface area (Å²) < 4.78 is 5.44. The van der Waals surface area contributed by atoms with Crippen LogP contribution in [0, 0.1) is 5.41 Å².